The zero-order chi connectivity index (χ0) is 19.9. The maximum Gasteiger partial charge on any atom is 0.243 e. The van der Waals surface area contributed by atoms with E-state index in [-0.39, 0.29) is 30.2 Å². The molecule has 0 radical (unpaired) electrons. The fraction of sp³-hybridized carbons (Fsp3) is 0.350. The molecule has 2 aliphatic heterocycles. The fourth-order valence-corrected chi connectivity index (χ4v) is 5.21. The van der Waals surface area contributed by atoms with Gasteiger partial charge in [0.25, 0.3) is 0 Å². The zero-order valence-electron chi connectivity index (χ0n) is 15.4. The number of piperidine rings is 1. The molecule has 0 aromatic heterocycles. The van der Waals surface area contributed by atoms with Crippen molar-refractivity contribution in [3.63, 3.8) is 0 Å². The van der Waals surface area contributed by atoms with E-state index in [1.165, 1.54) is 16.4 Å². The summed E-state index contributed by atoms with van der Waals surface area (Å²) in [5.74, 6) is 0.573. The molecule has 1 spiro atoms. The second-order valence-corrected chi connectivity index (χ2v) is 9.04. The van der Waals surface area contributed by atoms with Gasteiger partial charge in [0.05, 0.1) is 24.0 Å². The summed E-state index contributed by atoms with van der Waals surface area (Å²) in [4.78, 5) is 12.7. The Balaban J connectivity index is 1.53. The summed E-state index contributed by atoms with van der Waals surface area (Å²) in [7, 11) is -2.17. The number of benzene rings is 2. The van der Waals surface area contributed by atoms with Gasteiger partial charge in [0, 0.05) is 32.0 Å². The summed E-state index contributed by atoms with van der Waals surface area (Å²) in [6.45, 7) is 0.457. The number of methoxy groups -OCH3 is 1. The van der Waals surface area contributed by atoms with Crippen molar-refractivity contribution in [3.8, 4) is 11.5 Å². The molecule has 0 bridgehead atoms. The second kappa shape index (κ2) is 6.86. The molecule has 0 saturated carbocycles. The van der Waals surface area contributed by atoms with Gasteiger partial charge in [-0.1, -0.05) is 0 Å². The van der Waals surface area contributed by atoms with Crippen molar-refractivity contribution in [1.82, 2.24) is 4.31 Å². The number of hydrogen-bond acceptors (Lipinski definition) is 5. The zero-order valence-corrected chi connectivity index (χ0v) is 16.2. The monoisotopic (exact) mass is 405 g/mol. The molecule has 0 N–H and O–H groups in total. The summed E-state index contributed by atoms with van der Waals surface area (Å²) in [6.07, 6.45) is 1.02. The lowest BCUT2D eigenvalue weighted by Gasteiger charge is -2.43. The average Bonchev–Trinajstić information content (AvgIpc) is 2.68. The third kappa shape index (κ3) is 3.27. The van der Waals surface area contributed by atoms with Crippen molar-refractivity contribution in [2.75, 3.05) is 20.2 Å². The lowest BCUT2D eigenvalue weighted by atomic mass is 9.83. The van der Waals surface area contributed by atoms with Crippen molar-refractivity contribution in [1.29, 1.82) is 0 Å². The van der Waals surface area contributed by atoms with Crippen LogP contribution in [-0.2, 0) is 10.0 Å². The van der Waals surface area contributed by atoms with Crippen LogP contribution in [0.2, 0.25) is 0 Å². The summed E-state index contributed by atoms with van der Waals surface area (Å²) in [5, 5.41) is 0. The summed E-state index contributed by atoms with van der Waals surface area (Å²) < 4.78 is 51.4. The smallest absolute Gasteiger partial charge is 0.243 e. The molecule has 6 nitrogen and oxygen atoms in total. The summed E-state index contributed by atoms with van der Waals surface area (Å²) in [6, 6.07) is 9.89. The van der Waals surface area contributed by atoms with Crippen molar-refractivity contribution >= 4 is 15.8 Å². The van der Waals surface area contributed by atoms with Crippen LogP contribution in [0.15, 0.2) is 47.4 Å². The Kier molecular flexibility index (Phi) is 4.63. The number of nitrogens with zero attached hydrogens (tertiary/aromatic N) is 1. The van der Waals surface area contributed by atoms with Gasteiger partial charge in [0.2, 0.25) is 10.0 Å². The Bertz CT molecular complexity index is 1010. The maximum atomic E-state index is 13.1. The van der Waals surface area contributed by atoms with Gasteiger partial charge in [-0.2, -0.15) is 4.31 Å². The summed E-state index contributed by atoms with van der Waals surface area (Å²) >= 11 is 0. The molecule has 4 rings (SSSR count). The van der Waals surface area contributed by atoms with Crippen LogP contribution in [0, 0.1) is 5.82 Å². The topological polar surface area (TPSA) is 72.9 Å². The third-order valence-electron chi connectivity index (χ3n) is 5.38. The van der Waals surface area contributed by atoms with Crippen LogP contribution in [0.25, 0.3) is 0 Å². The van der Waals surface area contributed by atoms with Crippen LogP contribution >= 0.6 is 0 Å². The molecule has 2 aromatic carbocycles. The van der Waals surface area contributed by atoms with Gasteiger partial charge < -0.3 is 9.47 Å². The third-order valence-corrected chi connectivity index (χ3v) is 7.30. The van der Waals surface area contributed by atoms with Crippen molar-refractivity contribution in [2.24, 2.45) is 0 Å². The first kappa shape index (κ1) is 18.9. The van der Waals surface area contributed by atoms with Crippen LogP contribution < -0.4 is 9.47 Å². The number of sulfonamides is 1. The highest BCUT2D eigenvalue weighted by atomic mass is 32.2. The van der Waals surface area contributed by atoms with Gasteiger partial charge >= 0.3 is 0 Å². The van der Waals surface area contributed by atoms with E-state index >= 15 is 0 Å². The SMILES string of the molecule is COc1ccc2c(c1)OC1(CCN(S(=O)(=O)c3ccc(F)cc3)CC1)CC2=O. The molecular weight excluding hydrogens is 385 g/mol. The van der Waals surface area contributed by atoms with Crippen molar-refractivity contribution in [2.45, 2.75) is 29.8 Å². The normalized spacial score (nSPS) is 19.1. The fourth-order valence-electron chi connectivity index (χ4n) is 3.77. The predicted molar refractivity (Wildman–Crippen MR) is 99.7 cm³/mol. The second-order valence-electron chi connectivity index (χ2n) is 7.11. The molecule has 1 fully saturated rings. The molecule has 8 heteroatoms. The van der Waals surface area contributed by atoms with Crippen LogP contribution in [-0.4, -0.2) is 44.3 Å². The molecule has 0 atom stereocenters. The molecule has 148 valence electrons. The Morgan fingerprint density at radius 3 is 2.43 bits per heavy atom. The van der Waals surface area contributed by atoms with Crippen LogP contribution in [0.1, 0.15) is 29.6 Å². The Morgan fingerprint density at radius 2 is 1.79 bits per heavy atom. The molecule has 0 unspecified atom stereocenters. The van der Waals surface area contributed by atoms with Gasteiger partial charge in [-0.25, -0.2) is 12.8 Å². The Hall–Kier alpha value is -2.45. The van der Waals surface area contributed by atoms with E-state index in [9.17, 15) is 17.6 Å². The highest BCUT2D eigenvalue weighted by molar-refractivity contribution is 7.89. The van der Waals surface area contributed by atoms with E-state index < -0.39 is 21.4 Å². The van der Waals surface area contributed by atoms with E-state index in [0.29, 0.717) is 29.9 Å². The van der Waals surface area contributed by atoms with Crippen LogP contribution in [0.4, 0.5) is 4.39 Å². The highest BCUT2D eigenvalue weighted by Crippen LogP contribution is 2.41. The van der Waals surface area contributed by atoms with Crippen molar-refractivity contribution < 1.29 is 27.1 Å². The van der Waals surface area contributed by atoms with E-state index in [1.807, 2.05) is 0 Å². The molecule has 2 aromatic rings. The average molecular weight is 405 g/mol. The van der Waals surface area contributed by atoms with Gasteiger partial charge in [0.15, 0.2) is 5.78 Å². The predicted octanol–water partition coefficient (Wildman–Crippen LogP) is 3.02. The molecule has 2 heterocycles. The quantitative estimate of drug-likeness (QED) is 0.785. The molecule has 2 aliphatic rings. The molecule has 0 aliphatic carbocycles. The highest BCUT2D eigenvalue weighted by Gasteiger charge is 2.45. The number of Topliss-reactive ketones (excluding diaryl/α,β-unsaturated/α-hetero) is 1. The van der Waals surface area contributed by atoms with E-state index in [4.69, 9.17) is 9.47 Å². The summed E-state index contributed by atoms with van der Waals surface area (Å²) in [5.41, 5.74) is -0.196. The van der Waals surface area contributed by atoms with E-state index in [1.54, 1.807) is 25.3 Å². The van der Waals surface area contributed by atoms with E-state index in [2.05, 4.69) is 0 Å². The van der Waals surface area contributed by atoms with E-state index in [0.717, 1.165) is 12.1 Å². The van der Waals surface area contributed by atoms with Gasteiger partial charge in [-0.15, -0.1) is 0 Å². The van der Waals surface area contributed by atoms with Crippen LogP contribution in [0.5, 0.6) is 11.5 Å². The number of rotatable bonds is 3. The van der Waals surface area contributed by atoms with Gasteiger partial charge in [0.1, 0.15) is 22.9 Å². The first-order valence-electron chi connectivity index (χ1n) is 8.99. The number of carbonyl (C=O) groups excluding carboxylic acids is 1. The largest absolute Gasteiger partial charge is 0.497 e. The lowest BCUT2D eigenvalue weighted by molar-refractivity contribution is 0.00578. The minimum atomic E-state index is -3.71. The minimum Gasteiger partial charge on any atom is -0.497 e. The lowest BCUT2D eigenvalue weighted by Crippen LogP contribution is -2.52. The minimum absolute atomic E-state index is 0.0151. The Labute approximate surface area is 162 Å². The van der Waals surface area contributed by atoms with Crippen molar-refractivity contribution in [3.05, 3.63) is 53.8 Å². The van der Waals surface area contributed by atoms with Gasteiger partial charge in [-0.3, -0.25) is 4.79 Å². The Morgan fingerprint density at radius 1 is 1.11 bits per heavy atom. The molecular formula is C20H20FNO5S. The molecule has 0 amide bonds. The number of halogens is 1. The first-order chi connectivity index (χ1) is 13.3. The number of hydrogen-bond donors (Lipinski definition) is 0. The van der Waals surface area contributed by atoms with Crippen LogP contribution in [0.3, 0.4) is 0 Å². The number of ether oxygens (including phenoxy) is 2. The van der Waals surface area contributed by atoms with Gasteiger partial charge in [-0.05, 0) is 36.4 Å². The first-order valence-corrected chi connectivity index (χ1v) is 10.4. The molecule has 28 heavy (non-hydrogen) atoms. The number of fused-ring (bicyclic) bond motifs is 1. The molecule has 1 saturated heterocycles. The maximum absolute atomic E-state index is 13.1. The standard InChI is InChI=1S/C20H20FNO5S/c1-26-15-4-7-17-18(23)13-20(27-19(17)12-15)8-10-22(11-9-20)28(24,25)16-5-2-14(21)3-6-16/h2-7,12H,8-11,13H2,1H3. The number of ketones is 1. The number of carbonyl (C=O) groups is 1.